The lowest BCUT2D eigenvalue weighted by molar-refractivity contribution is 0.0952. The van der Waals surface area contributed by atoms with Gasteiger partial charge in [0.2, 0.25) is 0 Å². The van der Waals surface area contributed by atoms with Crippen LogP contribution in [-0.4, -0.2) is 54.8 Å². The van der Waals surface area contributed by atoms with Crippen molar-refractivity contribution in [1.82, 2.24) is 19.9 Å². The van der Waals surface area contributed by atoms with Crippen LogP contribution in [-0.2, 0) is 0 Å². The van der Waals surface area contributed by atoms with E-state index in [4.69, 9.17) is 4.84 Å². The van der Waals surface area contributed by atoms with Crippen LogP contribution >= 0.6 is 15.9 Å². The van der Waals surface area contributed by atoms with Gasteiger partial charge < -0.3 is 15.1 Å². The minimum absolute atomic E-state index is 0.189. The molecule has 1 N–H and O–H groups in total. The van der Waals surface area contributed by atoms with Crippen molar-refractivity contribution in [2.75, 3.05) is 34.3 Å². The molecule has 0 aliphatic rings. The summed E-state index contributed by atoms with van der Waals surface area (Å²) in [6.45, 7) is 1.28. The van der Waals surface area contributed by atoms with Crippen LogP contribution in [0.3, 0.4) is 0 Å². The average molecular weight is 419 g/mol. The van der Waals surface area contributed by atoms with Gasteiger partial charge in [0.25, 0.3) is 11.5 Å². The lowest BCUT2D eigenvalue weighted by atomic mass is 10.1. The van der Waals surface area contributed by atoms with Crippen molar-refractivity contribution in [3.05, 3.63) is 50.9 Å². The third-order valence-electron chi connectivity index (χ3n) is 4.02. The Morgan fingerprint density at radius 2 is 2.12 bits per heavy atom. The third-order valence-corrected chi connectivity index (χ3v) is 4.60. The first-order chi connectivity index (χ1) is 12.4. The van der Waals surface area contributed by atoms with Crippen molar-refractivity contribution in [1.29, 1.82) is 0 Å². The summed E-state index contributed by atoms with van der Waals surface area (Å²) in [6.07, 6.45) is 1.52. The summed E-state index contributed by atoms with van der Waals surface area (Å²) in [5.74, 6) is -0.189. The maximum absolute atomic E-state index is 12.6. The molecule has 0 saturated heterocycles. The molecule has 3 aromatic rings. The van der Waals surface area contributed by atoms with E-state index in [1.165, 1.54) is 13.3 Å². The molecule has 0 aliphatic heterocycles. The molecular weight excluding hydrogens is 400 g/mol. The molecule has 136 valence electrons. The van der Waals surface area contributed by atoms with E-state index in [0.717, 1.165) is 16.7 Å². The van der Waals surface area contributed by atoms with Gasteiger partial charge in [0, 0.05) is 18.5 Å². The number of benzene rings is 1. The topological polar surface area (TPSA) is 76.5 Å². The molecule has 0 aliphatic carbocycles. The number of amides is 1. The third kappa shape index (κ3) is 3.42. The molecule has 0 spiro atoms. The van der Waals surface area contributed by atoms with Crippen molar-refractivity contribution in [3.8, 4) is 0 Å². The summed E-state index contributed by atoms with van der Waals surface area (Å²) in [4.78, 5) is 36.7. The molecule has 2 heterocycles. The number of halogens is 1. The summed E-state index contributed by atoms with van der Waals surface area (Å²) in [5, 5.41) is 4.03. The van der Waals surface area contributed by atoms with Crippen molar-refractivity contribution < 1.29 is 9.63 Å². The first kappa shape index (κ1) is 18.3. The second-order valence-corrected chi connectivity index (χ2v) is 6.97. The number of hydrogen-bond acceptors (Lipinski definition) is 5. The van der Waals surface area contributed by atoms with Crippen molar-refractivity contribution in [2.24, 2.45) is 0 Å². The van der Waals surface area contributed by atoms with Crippen LogP contribution in [0, 0.1) is 0 Å². The van der Waals surface area contributed by atoms with Gasteiger partial charge in [-0.1, -0.05) is 12.1 Å². The van der Waals surface area contributed by atoms with E-state index in [9.17, 15) is 9.59 Å². The number of rotatable bonds is 5. The molecule has 8 heteroatoms. The number of hydrogen-bond donors (Lipinski definition) is 1. The quantitative estimate of drug-likeness (QED) is 0.637. The van der Waals surface area contributed by atoms with Crippen molar-refractivity contribution >= 4 is 43.6 Å². The molecule has 0 radical (unpaired) electrons. The van der Waals surface area contributed by atoms with E-state index in [-0.39, 0.29) is 11.5 Å². The van der Waals surface area contributed by atoms with Gasteiger partial charge in [-0.05, 0) is 42.2 Å². The molecular formula is C18H19BrN4O3. The van der Waals surface area contributed by atoms with Crippen LogP contribution in [0.4, 0.5) is 0 Å². The number of pyridine rings is 2. The minimum atomic E-state index is -0.305. The molecule has 1 amide bonds. The molecule has 3 rings (SSSR count). The van der Waals surface area contributed by atoms with E-state index >= 15 is 0 Å². The van der Waals surface area contributed by atoms with E-state index in [0.29, 0.717) is 33.0 Å². The fraction of sp³-hybridized carbons (Fsp3) is 0.278. The van der Waals surface area contributed by atoms with Gasteiger partial charge >= 0.3 is 0 Å². The van der Waals surface area contributed by atoms with E-state index in [1.807, 2.05) is 25.1 Å². The van der Waals surface area contributed by atoms with Crippen LogP contribution in [0.5, 0.6) is 0 Å². The molecule has 0 saturated carbocycles. The van der Waals surface area contributed by atoms with Gasteiger partial charge in [0.15, 0.2) is 0 Å². The van der Waals surface area contributed by atoms with Gasteiger partial charge in [0.1, 0.15) is 7.11 Å². The Bertz CT molecular complexity index is 1050. The lowest BCUT2D eigenvalue weighted by Gasteiger charge is -2.12. The predicted molar refractivity (Wildman–Crippen MR) is 105 cm³/mol. The largest absolute Gasteiger partial charge is 0.414 e. The van der Waals surface area contributed by atoms with Crippen LogP contribution < -0.4 is 15.7 Å². The number of nitrogens with zero attached hydrogens (tertiary/aromatic N) is 3. The Balaban J connectivity index is 2.13. The Labute approximate surface area is 158 Å². The van der Waals surface area contributed by atoms with Crippen LogP contribution in [0.1, 0.15) is 10.4 Å². The van der Waals surface area contributed by atoms with Gasteiger partial charge in [-0.3, -0.25) is 9.59 Å². The van der Waals surface area contributed by atoms with Gasteiger partial charge in [-0.15, -0.1) is 0 Å². The number of likely N-dealkylation sites (N-methyl/N-ethyl adjacent to an activating group) is 1. The van der Waals surface area contributed by atoms with Crippen LogP contribution in [0.2, 0.25) is 0 Å². The summed E-state index contributed by atoms with van der Waals surface area (Å²) < 4.78 is 1.75. The molecule has 0 bridgehead atoms. The number of carbonyl (C=O) groups is 1. The van der Waals surface area contributed by atoms with Gasteiger partial charge in [0.05, 0.1) is 32.7 Å². The summed E-state index contributed by atoms with van der Waals surface area (Å²) in [7, 11) is 5.31. The van der Waals surface area contributed by atoms with Gasteiger partial charge in [-0.2, -0.15) is 4.73 Å². The molecule has 1 aromatic carbocycles. The molecule has 26 heavy (non-hydrogen) atoms. The Morgan fingerprint density at radius 1 is 1.35 bits per heavy atom. The highest BCUT2D eigenvalue weighted by Gasteiger charge is 2.15. The standard InChI is InChI=1S/C18H19BrN4O3/c1-22(2)8-7-20-17(24)12-6-4-5-11-9-13-16(21-15(11)12)14(19)10-23(26-3)18(13)25/h4-6,9-10H,7-8H2,1-3H3,(H,20,24). The Morgan fingerprint density at radius 3 is 2.81 bits per heavy atom. The fourth-order valence-electron chi connectivity index (χ4n) is 2.69. The van der Waals surface area contributed by atoms with Crippen molar-refractivity contribution in [2.45, 2.75) is 0 Å². The smallest absolute Gasteiger partial charge is 0.292 e. The number of carbonyl (C=O) groups excluding carboxylic acids is 1. The van der Waals surface area contributed by atoms with Crippen LogP contribution in [0.15, 0.2) is 39.7 Å². The summed E-state index contributed by atoms with van der Waals surface area (Å²) in [5.41, 5.74) is 1.22. The normalized spacial score (nSPS) is 11.3. The fourth-order valence-corrected chi connectivity index (χ4v) is 3.18. The second kappa shape index (κ2) is 7.43. The zero-order chi connectivity index (χ0) is 18.8. The van der Waals surface area contributed by atoms with Gasteiger partial charge in [-0.25, -0.2) is 4.98 Å². The zero-order valence-corrected chi connectivity index (χ0v) is 16.3. The molecule has 0 unspecified atom stereocenters. The molecule has 0 fully saturated rings. The van der Waals surface area contributed by atoms with Crippen LogP contribution in [0.25, 0.3) is 21.8 Å². The minimum Gasteiger partial charge on any atom is -0.414 e. The average Bonchev–Trinajstić information content (AvgIpc) is 2.62. The summed E-state index contributed by atoms with van der Waals surface area (Å²) in [6, 6.07) is 7.08. The number of para-hydroxylation sites is 1. The zero-order valence-electron chi connectivity index (χ0n) is 14.7. The molecule has 0 atom stereocenters. The Hall–Kier alpha value is -2.45. The first-order valence-corrected chi connectivity index (χ1v) is 8.83. The SMILES string of the molecule is COn1cc(Br)c2nc3c(C(=O)NCCN(C)C)cccc3cc2c1=O. The highest BCUT2D eigenvalue weighted by atomic mass is 79.9. The highest BCUT2D eigenvalue weighted by Crippen LogP contribution is 2.25. The second-order valence-electron chi connectivity index (χ2n) is 6.11. The first-order valence-electron chi connectivity index (χ1n) is 8.04. The molecule has 7 nitrogen and oxygen atoms in total. The highest BCUT2D eigenvalue weighted by molar-refractivity contribution is 9.10. The maximum Gasteiger partial charge on any atom is 0.292 e. The van der Waals surface area contributed by atoms with E-state index < -0.39 is 0 Å². The van der Waals surface area contributed by atoms with E-state index in [2.05, 4.69) is 26.2 Å². The molecule has 2 aromatic heterocycles. The summed E-state index contributed by atoms with van der Waals surface area (Å²) >= 11 is 3.42. The number of aromatic nitrogens is 2. The predicted octanol–water partition coefficient (Wildman–Crippen LogP) is 1.66. The Kier molecular flexibility index (Phi) is 5.24. The maximum atomic E-state index is 12.6. The van der Waals surface area contributed by atoms with E-state index in [1.54, 1.807) is 18.2 Å². The number of fused-ring (bicyclic) bond motifs is 2. The number of nitrogens with one attached hydrogen (secondary N) is 1. The lowest BCUT2D eigenvalue weighted by Crippen LogP contribution is -2.31. The monoisotopic (exact) mass is 418 g/mol. The van der Waals surface area contributed by atoms with Crippen molar-refractivity contribution in [3.63, 3.8) is 0 Å².